The number of hydrogen-bond acceptors (Lipinski definition) is 3. The van der Waals surface area contributed by atoms with Crippen LogP contribution in [0.15, 0.2) is 12.3 Å². The lowest BCUT2D eigenvalue weighted by Gasteiger charge is -2.30. The van der Waals surface area contributed by atoms with Gasteiger partial charge in [-0.25, -0.2) is 0 Å². The van der Waals surface area contributed by atoms with Gasteiger partial charge in [0.25, 0.3) is 0 Å². The molecule has 1 saturated carbocycles. The van der Waals surface area contributed by atoms with Gasteiger partial charge in [0.2, 0.25) is 0 Å². The fourth-order valence-electron chi connectivity index (χ4n) is 2.40. The summed E-state index contributed by atoms with van der Waals surface area (Å²) in [6.07, 6.45) is 4.68. The van der Waals surface area contributed by atoms with Gasteiger partial charge in [-0.2, -0.15) is 0 Å². The Bertz CT molecular complexity index is 430. The van der Waals surface area contributed by atoms with Crippen LogP contribution in [-0.2, 0) is 6.54 Å². The first-order chi connectivity index (χ1) is 8.85. The molecule has 0 aliphatic heterocycles. The molecule has 0 aromatic carbocycles. The Morgan fingerprint density at radius 2 is 2.05 bits per heavy atom. The average molecular weight is 261 g/mol. The first-order valence-corrected chi connectivity index (χ1v) is 7.25. The van der Waals surface area contributed by atoms with Crippen LogP contribution in [0.3, 0.4) is 0 Å². The molecule has 3 heteroatoms. The van der Waals surface area contributed by atoms with Gasteiger partial charge >= 0.3 is 0 Å². The third kappa shape index (κ3) is 4.50. The predicted molar refractivity (Wildman–Crippen MR) is 81.6 cm³/mol. The van der Waals surface area contributed by atoms with E-state index in [0.29, 0.717) is 5.41 Å². The highest BCUT2D eigenvalue weighted by molar-refractivity contribution is 5.53. The van der Waals surface area contributed by atoms with Gasteiger partial charge in [0.1, 0.15) is 0 Å². The molecule has 0 spiro atoms. The molecule has 0 radical (unpaired) electrons. The van der Waals surface area contributed by atoms with E-state index in [4.69, 9.17) is 0 Å². The van der Waals surface area contributed by atoms with E-state index >= 15 is 0 Å². The second kappa shape index (κ2) is 5.49. The van der Waals surface area contributed by atoms with E-state index in [1.54, 1.807) is 0 Å². The van der Waals surface area contributed by atoms with Crippen LogP contribution in [0, 0.1) is 12.3 Å². The molecule has 1 fully saturated rings. The van der Waals surface area contributed by atoms with Crippen LogP contribution in [0.25, 0.3) is 0 Å². The van der Waals surface area contributed by atoms with Crippen LogP contribution in [0.4, 0.5) is 5.69 Å². The van der Waals surface area contributed by atoms with E-state index in [9.17, 15) is 0 Å². The minimum atomic E-state index is 0.299. The number of aryl methyl sites for hydroxylation is 1. The largest absolute Gasteiger partial charge is 0.374 e. The van der Waals surface area contributed by atoms with Crippen LogP contribution in [0.5, 0.6) is 0 Å². The highest BCUT2D eigenvalue weighted by Gasteiger charge is 2.21. The van der Waals surface area contributed by atoms with E-state index in [1.165, 1.54) is 24.1 Å². The molecule has 0 amide bonds. The third-order valence-corrected chi connectivity index (χ3v) is 3.38. The molecule has 3 nitrogen and oxygen atoms in total. The molecule has 1 aliphatic carbocycles. The van der Waals surface area contributed by atoms with Crippen molar-refractivity contribution < 1.29 is 0 Å². The Labute approximate surface area is 117 Å². The predicted octanol–water partition coefficient (Wildman–Crippen LogP) is 3.12. The maximum absolute atomic E-state index is 4.45. The summed E-state index contributed by atoms with van der Waals surface area (Å²) < 4.78 is 0. The van der Waals surface area contributed by atoms with E-state index in [-0.39, 0.29) is 0 Å². The van der Waals surface area contributed by atoms with Gasteiger partial charge in [-0.15, -0.1) is 0 Å². The van der Waals surface area contributed by atoms with Gasteiger partial charge in [-0.1, -0.05) is 20.8 Å². The Morgan fingerprint density at radius 1 is 1.37 bits per heavy atom. The number of nitrogens with one attached hydrogen (secondary N) is 1. The zero-order valence-corrected chi connectivity index (χ0v) is 13.0. The van der Waals surface area contributed by atoms with Gasteiger partial charge in [0, 0.05) is 49.3 Å². The van der Waals surface area contributed by atoms with Crippen molar-refractivity contribution in [1.82, 2.24) is 10.3 Å². The average Bonchev–Trinajstić information content (AvgIpc) is 3.09. The summed E-state index contributed by atoms with van der Waals surface area (Å²) in [6, 6.07) is 2.94. The summed E-state index contributed by atoms with van der Waals surface area (Å²) in [5.74, 6) is 0. The number of rotatable bonds is 5. The smallest absolute Gasteiger partial charge is 0.0443 e. The molecule has 1 aliphatic rings. The zero-order chi connectivity index (χ0) is 14.0. The molecule has 19 heavy (non-hydrogen) atoms. The number of hydrogen-bond donors (Lipinski definition) is 1. The van der Waals surface area contributed by atoms with E-state index in [1.807, 2.05) is 6.20 Å². The summed E-state index contributed by atoms with van der Waals surface area (Å²) in [7, 11) is 2.18. The molecular formula is C16H27N3. The molecule has 106 valence electrons. The van der Waals surface area contributed by atoms with Crippen LogP contribution < -0.4 is 10.2 Å². The Morgan fingerprint density at radius 3 is 2.63 bits per heavy atom. The van der Waals surface area contributed by atoms with Crippen LogP contribution in [-0.4, -0.2) is 24.6 Å². The van der Waals surface area contributed by atoms with Crippen molar-refractivity contribution in [2.75, 3.05) is 18.5 Å². The van der Waals surface area contributed by atoms with E-state index in [0.717, 1.165) is 24.8 Å². The molecule has 2 rings (SSSR count). The number of anilines is 1. The van der Waals surface area contributed by atoms with Crippen molar-refractivity contribution in [3.05, 3.63) is 23.5 Å². The normalized spacial score (nSPS) is 15.6. The molecule has 0 bridgehead atoms. The van der Waals surface area contributed by atoms with Crippen molar-refractivity contribution in [1.29, 1.82) is 0 Å². The number of nitrogens with zero attached hydrogens (tertiary/aromatic N) is 2. The van der Waals surface area contributed by atoms with E-state index < -0.39 is 0 Å². The number of aromatic nitrogens is 1. The third-order valence-electron chi connectivity index (χ3n) is 3.38. The lowest BCUT2D eigenvalue weighted by molar-refractivity contribution is 0.418. The van der Waals surface area contributed by atoms with Gasteiger partial charge in [0.05, 0.1) is 0 Å². The SMILES string of the molecule is Cc1cc(N(C)CC(C)(C)C)c(CNC2CC2)cn1. The van der Waals surface area contributed by atoms with E-state index in [2.05, 4.69) is 56.0 Å². The zero-order valence-electron chi connectivity index (χ0n) is 13.0. The standard InChI is InChI=1S/C16H27N3/c1-12-8-15(19(5)11-16(2,3)4)13(9-17-12)10-18-14-6-7-14/h8-9,14,18H,6-7,10-11H2,1-5H3. The minimum absolute atomic E-state index is 0.299. The number of pyridine rings is 1. The molecule has 0 atom stereocenters. The first kappa shape index (κ1) is 14.3. The van der Waals surface area contributed by atoms with Crippen molar-refractivity contribution in [2.24, 2.45) is 5.41 Å². The molecule has 0 unspecified atom stereocenters. The molecule has 1 aromatic rings. The van der Waals surface area contributed by atoms with Crippen LogP contribution in [0.1, 0.15) is 44.9 Å². The maximum Gasteiger partial charge on any atom is 0.0443 e. The quantitative estimate of drug-likeness (QED) is 0.882. The van der Waals surface area contributed by atoms with Crippen LogP contribution in [0.2, 0.25) is 0 Å². The molecule has 0 saturated heterocycles. The van der Waals surface area contributed by atoms with Crippen LogP contribution >= 0.6 is 0 Å². The summed E-state index contributed by atoms with van der Waals surface area (Å²) >= 11 is 0. The molecule has 1 N–H and O–H groups in total. The van der Waals surface area contributed by atoms with Gasteiger partial charge in [0.15, 0.2) is 0 Å². The molecule has 1 heterocycles. The minimum Gasteiger partial charge on any atom is -0.374 e. The molecule has 1 aromatic heterocycles. The summed E-state index contributed by atoms with van der Waals surface area (Å²) in [5, 5.41) is 3.58. The maximum atomic E-state index is 4.45. The first-order valence-electron chi connectivity index (χ1n) is 7.25. The van der Waals surface area contributed by atoms with Gasteiger partial charge in [-0.3, -0.25) is 4.98 Å². The topological polar surface area (TPSA) is 28.2 Å². The monoisotopic (exact) mass is 261 g/mol. The van der Waals surface area contributed by atoms with Gasteiger partial charge < -0.3 is 10.2 Å². The summed E-state index contributed by atoms with van der Waals surface area (Å²) in [4.78, 5) is 6.81. The lowest BCUT2D eigenvalue weighted by atomic mass is 9.96. The van der Waals surface area contributed by atoms with Gasteiger partial charge in [-0.05, 0) is 31.2 Å². The fourth-order valence-corrected chi connectivity index (χ4v) is 2.40. The molecular weight excluding hydrogens is 234 g/mol. The lowest BCUT2D eigenvalue weighted by Crippen LogP contribution is -2.30. The highest BCUT2D eigenvalue weighted by Crippen LogP contribution is 2.25. The Balaban J connectivity index is 2.12. The van der Waals surface area contributed by atoms with Crippen molar-refractivity contribution in [3.63, 3.8) is 0 Å². The Kier molecular flexibility index (Phi) is 4.14. The van der Waals surface area contributed by atoms with Crippen molar-refractivity contribution in [2.45, 2.75) is 53.1 Å². The summed E-state index contributed by atoms with van der Waals surface area (Å²) in [6.45, 7) is 10.9. The Hall–Kier alpha value is -1.09. The second-order valence-electron chi connectivity index (χ2n) is 7.03. The second-order valence-corrected chi connectivity index (χ2v) is 7.03. The fraction of sp³-hybridized carbons (Fsp3) is 0.688. The highest BCUT2D eigenvalue weighted by atomic mass is 15.1. The van der Waals surface area contributed by atoms with Crippen molar-refractivity contribution in [3.8, 4) is 0 Å². The summed E-state index contributed by atoms with van der Waals surface area (Å²) in [5.41, 5.74) is 4.01. The van der Waals surface area contributed by atoms with Crippen molar-refractivity contribution >= 4 is 5.69 Å².